The molecule has 1 aromatic rings. The molecule has 1 heterocycles. The van der Waals surface area contributed by atoms with Gasteiger partial charge in [-0.05, 0) is 18.6 Å². The number of nitrogens with one attached hydrogen (secondary N) is 1. The van der Waals surface area contributed by atoms with Gasteiger partial charge in [0.25, 0.3) is 0 Å². The van der Waals surface area contributed by atoms with E-state index in [0.717, 1.165) is 0 Å². The third kappa shape index (κ3) is 3.87. The number of carboxylic acid groups (broad SMARTS) is 1. The van der Waals surface area contributed by atoms with Crippen LogP contribution in [0.1, 0.15) is 18.4 Å². The van der Waals surface area contributed by atoms with Crippen LogP contribution in [0.4, 0.5) is 0 Å². The van der Waals surface area contributed by atoms with Gasteiger partial charge < -0.3 is 19.9 Å². The van der Waals surface area contributed by atoms with Gasteiger partial charge in [0.1, 0.15) is 6.61 Å². The van der Waals surface area contributed by atoms with Crippen molar-refractivity contribution in [1.82, 2.24) is 5.32 Å². The predicted octanol–water partition coefficient (Wildman–Crippen LogP) is 2.35. The van der Waals surface area contributed by atoms with Gasteiger partial charge in [0.05, 0.1) is 42.5 Å². The molecular formula is C18H17ClN2O5. The van der Waals surface area contributed by atoms with Crippen LogP contribution in [0.2, 0.25) is 5.02 Å². The van der Waals surface area contributed by atoms with Crippen molar-refractivity contribution in [3.05, 3.63) is 57.4 Å². The summed E-state index contributed by atoms with van der Waals surface area (Å²) in [5.41, 5.74) is 1.22. The Balaban J connectivity index is 2.67. The third-order valence-corrected chi connectivity index (χ3v) is 4.25. The largest absolute Gasteiger partial charge is 0.478 e. The summed E-state index contributed by atoms with van der Waals surface area (Å²) >= 11 is 6.28. The normalized spacial score (nSPS) is 16.8. The lowest BCUT2D eigenvalue weighted by atomic mass is 9.80. The molecule has 1 atom stereocenters. The first kappa shape index (κ1) is 19.5. The number of hydrogen-bond acceptors (Lipinski definition) is 6. The first-order valence-electron chi connectivity index (χ1n) is 7.63. The highest BCUT2D eigenvalue weighted by atomic mass is 35.5. The molecule has 8 heteroatoms. The fraction of sp³-hybridized carbons (Fsp3) is 0.278. The molecule has 1 aliphatic rings. The van der Waals surface area contributed by atoms with Crippen molar-refractivity contribution < 1.29 is 24.2 Å². The number of aliphatic carboxylic acids is 1. The number of benzene rings is 1. The molecular weight excluding hydrogens is 360 g/mol. The van der Waals surface area contributed by atoms with Crippen LogP contribution >= 0.6 is 11.6 Å². The Kier molecular flexibility index (Phi) is 6.39. The molecule has 1 unspecified atom stereocenters. The minimum Gasteiger partial charge on any atom is -0.478 e. The van der Waals surface area contributed by atoms with Crippen LogP contribution in [0.15, 0.2) is 46.8 Å². The van der Waals surface area contributed by atoms with Crippen molar-refractivity contribution >= 4 is 23.5 Å². The van der Waals surface area contributed by atoms with Crippen molar-refractivity contribution in [3.8, 4) is 6.07 Å². The minimum atomic E-state index is -1.23. The van der Waals surface area contributed by atoms with E-state index in [1.54, 1.807) is 31.2 Å². The maximum absolute atomic E-state index is 12.4. The zero-order chi connectivity index (χ0) is 19.3. The molecule has 0 amide bonds. The van der Waals surface area contributed by atoms with Crippen molar-refractivity contribution in [1.29, 1.82) is 5.26 Å². The number of dihydropyridines is 1. The van der Waals surface area contributed by atoms with Gasteiger partial charge in [0.15, 0.2) is 0 Å². The number of carbonyl (C=O) groups excluding carboxylic acids is 1. The maximum atomic E-state index is 12.4. The Morgan fingerprint density at radius 3 is 2.62 bits per heavy atom. The van der Waals surface area contributed by atoms with Gasteiger partial charge in [-0.15, -0.1) is 0 Å². The van der Waals surface area contributed by atoms with E-state index in [2.05, 4.69) is 5.32 Å². The summed E-state index contributed by atoms with van der Waals surface area (Å²) in [6, 6.07) is 8.52. The summed E-state index contributed by atoms with van der Waals surface area (Å²) in [5.74, 6) is -2.82. The van der Waals surface area contributed by atoms with E-state index in [0.29, 0.717) is 16.3 Å². The van der Waals surface area contributed by atoms with Gasteiger partial charge in [0.2, 0.25) is 0 Å². The summed E-state index contributed by atoms with van der Waals surface area (Å²) in [4.78, 5) is 24.4. The number of carbonyl (C=O) groups is 2. The van der Waals surface area contributed by atoms with E-state index >= 15 is 0 Å². The summed E-state index contributed by atoms with van der Waals surface area (Å²) < 4.78 is 10.0. The second-order valence-electron chi connectivity index (χ2n) is 5.46. The van der Waals surface area contributed by atoms with E-state index in [9.17, 15) is 14.7 Å². The van der Waals surface area contributed by atoms with E-state index in [4.69, 9.17) is 26.3 Å². The fourth-order valence-electron chi connectivity index (χ4n) is 2.86. The predicted molar refractivity (Wildman–Crippen MR) is 93.1 cm³/mol. The highest BCUT2D eigenvalue weighted by Crippen LogP contribution is 2.41. The molecule has 0 spiro atoms. The van der Waals surface area contributed by atoms with Crippen LogP contribution in [-0.4, -0.2) is 37.4 Å². The molecule has 2 rings (SSSR count). The van der Waals surface area contributed by atoms with Crippen molar-refractivity contribution in [2.45, 2.75) is 12.8 Å². The number of nitrogens with zero attached hydrogens (tertiary/aromatic N) is 1. The number of esters is 1. The van der Waals surface area contributed by atoms with E-state index in [-0.39, 0.29) is 30.1 Å². The first-order valence-corrected chi connectivity index (χ1v) is 8.01. The average molecular weight is 377 g/mol. The first-order chi connectivity index (χ1) is 12.4. The van der Waals surface area contributed by atoms with Gasteiger partial charge in [-0.3, -0.25) is 0 Å². The summed E-state index contributed by atoms with van der Waals surface area (Å²) in [6.07, 6.45) is 0. The van der Waals surface area contributed by atoms with Crippen LogP contribution in [-0.2, 0) is 19.1 Å². The van der Waals surface area contributed by atoms with Crippen molar-refractivity contribution in [2.75, 3.05) is 20.3 Å². The SMILES string of the molecule is COC(=O)C1=C(C)NC(COCC#N)=C(C(=O)O)C1c1ccccc1Cl. The lowest BCUT2D eigenvalue weighted by Crippen LogP contribution is -2.34. The molecule has 136 valence electrons. The molecule has 0 radical (unpaired) electrons. The van der Waals surface area contributed by atoms with Gasteiger partial charge in [-0.25, -0.2) is 9.59 Å². The molecule has 1 aliphatic heterocycles. The monoisotopic (exact) mass is 376 g/mol. The van der Waals surface area contributed by atoms with Crippen LogP contribution in [0.3, 0.4) is 0 Å². The number of allylic oxidation sites excluding steroid dienone is 1. The molecule has 7 nitrogen and oxygen atoms in total. The Morgan fingerprint density at radius 2 is 2.04 bits per heavy atom. The Morgan fingerprint density at radius 1 is 1.35 bits per heavy atom. The Bertz CT molecular complexity index is 838. The highest BCUT2D eigenvalue weighted by molar-refractivity contribution is 6.31. The molecule has 0 aromatic heterocycles. The lowest BCUT2D eigenvalue weighted by molar-refractivity contribution is -0.136. The number of halogens is 1. The molecule has 1 aromatic carbocycles. The van der Waals surface area contributed by atoms with Crippen LogP contribution < -0.4 is 5.32 Å². The number of rotatable bonds is 6. The molecule has 26 heavy (non-hydrogen) atoms. The van der Waals surface area contributed by atoms with Crippen LogP contribution in [0.5, 0.6) is 0 Å². The second-order valence-corrected chi connectivity index (χ2v) is 5.87. The quantitative estimate of drug-likeness (QED) is 0.579. The van der Waals surface area contributed by atoms with Gasteiger partial charge in [-0.1, -0.05) is 29.8 Å². The van der Waals surface area contributed by atoms with Gasteiger partial charge in [0, 0.05) is 10.7 Å². The third-order valence-electron chi connectivity index (χ3n) is 3.91. The fourth-order valence-corrected chi connectivity index (χ4v) is 3.11. The van der Waals surface area contributed by atoms with Gasteiger partial charge in [-0.2, -0.15) is 5.26 Å². The summed E-state index contributed by atoms with van der Waals surface area (Å²) in [6.45, 7) is 1.32. The number of hydrogen-bond donors (Lipinski definition) is 2. The van der Waals surface area contributed by atoms with E-state index in [1.807, 2.05) is 6.07 Å². The van der Waals surface area contributed by atoms with Crippen molar-refractivity contribution in [2.24, 2.45) is 0 Å². The smallest absolute Gasteiger partial charge is 0.336 e. The molecule has 0 aliphatic carbocycles. The zero-order valence-corrected chi connectivity index (χ0v) is 15.0. The minimum absolute atomic E-state index is 0.0814. The summed E-state index contributed by atoms with van der Waals surface area (Å²) in [7, 11) is 1.22. The lowest BCUT2D eigenvalue weighted by Gasteiger charge is -2.30. The van der Waals surface area contributed by atoms with Crippen LogP contribution in [0, 0.1) is 11.3 Å². The van der Waals surface area contributed by atoms with Gasteiger partial charge >= 0.3 is 11.9 Å². The molecule has 0 bridgehead atoms. The average Bonchev–Trinajstić information content (AvgIpc) is 2.61. The van der Waals surface area contributed by atoms with E-state index < -0.39 is 17.9 Å². The van der Waals surface area contributed by atoms with E-state index in [1.165, 1.54) is 7.11 Å². The molecule has 0 saturated carbocycles. The molecule has 0 fully saturated rings. The highest BCUT2D eigenvalue weighted by Gasteiger charge is 2.38. The van der Waals surface area contributed by atoms with Crippen molar-refractivity contribution in [3.63, 3.8) is 0 Å². The molecule has 0 saturated heterocycles. The summed E-state index contributed by atoms with van der Waals surface area (Å²) in [5, 5.41) is 21.6. The number of nitriles is 1. The van der Waals surface area contributed by atoms with Crippen LogP contribution in [0.25, 0.3) is 0 Å². The topological polar surface area (TPSA) is 109 Å². The molecule has 2 N–H and O–H groups in total. The number of ether oxygens (including phenoxy) is 2. The number of carboxylic acids is 1. The number of methoxy groups -OCH3 is 1. The maximum Gasteiger partial charge on any atom is 0.336 e. The Labute approximate surface area is 155 Å². The standard InChI is InChI=1S/C18H17ClN2O5/c1-10-14(18(24)25-2)15(11-5-3-4-6-12(11)19)16(17(22)23)13(21-10)9-26-8-7-20/h3-6,15,21H,8-9H2,1-2H3,(H,22,23). The second kappa shape index (κ2) is 8.52. The zero-order valence-electron chi connectivity index (χ0n) is 14.2. The Hall–Kier alpha value is -2.82.